The number of hydrogen-bond donors (Lipinski definition) is 0. The van der Waals surface area contributed by atoms with Crippen LogP contribution < -0.4 is 0 Å². The van der Waals surface area contributed by atoms with Crippen LogP contribution in [-0.4, -0.2) is 0 Å². The third-order valence-electron chi connectivity index (χ3n) is 2.11. The van der Waals surface area contributed by atoms with Gasteiger partial charge in [-0.25, -0.2) is 0 Å². The fourth-order valence-electron chi connectivity index (χ4n) is 1.37. The Labute approximate surface area is 77.7 Å². The van der Waals surface area contributed by atoms with Crippen LogP contribution in [0, 0.1) is 0 Å². The lowest BCUT2D eigenvalue weighted by Crippen LogP contribution is -1.79. The highest BCUT2D eigenvalue weighted by molar-refractivity contribution is 8.03. The van der Waals surface area contributed by atoms with Crippen LogP contribution in [-0.2, 0) is 6.42 Å². The van der Waals surface area contributed by atoms with Gasteiger partial charge >= 0.3 is 0 Å². The van der Waals surface area contributed by atoms with E-state index in [4.69, 9.17) is 0 Å². The van der Waals surface area contributed by atoms with Crippen molar-refractivity contribution in [3.8, 4) is 0 Å². The van der Waals surface area contributed by atoms with Gasteiger partial charge < -0.3 is 0 Å². The minimum atomic E-state index is 1.14. The fraction of sp³-hybridized carbons (Fsp3) is 0.273. The molecule has 62 valence electrons. The molecule has 1 aromatic carbocycles. The molecule has 1 heteroatoms. The van der Waals surface area contributed by atoms with E-state index >= 15 is 0 Å². The molecular weight excluding hydrogens is 164 g/mol. The largest absolute Gasteiger partial charge is 0.0940 e. The highest BCUT2D eigenvalue weighted by Crippen LogP contribution is 2.40. The summed E-state index contributed by atoms with van der Waals surface area (Å²) in [7, 11) is 0. The first-order valence-corrected chi connectivity index (χ1v) is 5.01. The van der Waals surface area contributed by atoms with Crippen molar-refractivity contribution in [1.29, 1.82) is 0 Å². The summed E-state index contributed by atoms with van der Waals surface area (Å²) >= 11 is 1.92. The van der Waals surface area contributed by atoms with Crippen molar-refractivity contribution < 1.29 is 0 Å². The average molecular weight is 176 g/mol. The van der Waals surface area contributed by atoms with E-state index in [0.29, 0.717) is 0 Å². The Morgan fingerprint density at radius 2 is 2.00 bits per heavy atom. The minimum Gasteiger partial charge on any atom is -0.0940 e. The smallest absolute Gasteiger partial charge is 0.0154 e. The Balaban J connectivity index is 2.40. The number of rotatable bonds is 0. The monoisotopic (exact) mass is 176 g/mol. The summed E-state index contributed by atoms with van der Waals surface area (Å²) in [5, 5.41) is 0. The van der Waals surface area contributed by atoms with Gasteiger partial charge in [0.1, 0.15) is 0 Å². The van der Waals surface area contributed by atoms with E-state index in [0.717, 1.165) is 6.42 Å². The van der Waals surface area contributed by atoms with E-state index in [1.807, 2.05) is 11.8 Å². The molecule has 1 aliphatic rings. The molecule has 1 aromatic rings. The van der Waals surface area contributed by atoms with Gasteiger partial charge in [0.15, 0.2) is 0 Å². The van der Waals surface area contributed by atoms with Crippen molar-refractivity contribution >= 4 is 11.8 Å². The van der Waals surface area contributed by atoms with Gasteiger partial charge in [-0.3, -0.25) is 0 Å². The van der Waals surface area contributed by atoms with Crippen molar-refractivity contribution in [3.05, 3.63) is 40.3 Å². The highest BCUT2D eigenvalue weighted by Gasteiger charge is 2.15. The summed E-state index contributed by atoms with van der Waals surface area (Å²) in [6, 6.07) is 8.65. The predicted octanol–water partition coefficient (Wildman–Crippen LogP) is 3.63. The third-order valence-corrected chi connectivity index (χ3v) is 3.53. The minimum absolute atomic E-state index is 1.14. The van der Waals surface area contributed by atoms with Gasteiger partial charge in [-0.1, -0.05) is 35.5 Å². The normalized spacial score (nSPS) is 14.7. The van der Waals surface area contributed by atoms with Gasteiger partial charge in [0.25, 0.3) is 0 Å². The van der Waals surface area contributed by atoms with Crippen molar-refractivity contribution in [2.45, 2.75) is 25.2 Å². The molecule has 0 nitrogen and oxygen atoms in total. The summed E-state index contributed by atoms with van der Waals surface area (Å²) < 4.78 is 0. The molecule has 0 atom stereocenters. The van der Waals surface area contributed by atoms with Crippen LogP contribution in [0.4, 0.5) is 0 Å². The zero-order valence-corrected chi connectivity index (χ0v) is 8.24. The lowest BCUT2D eigenvalue weighted by Gasteiger charge is -1.95. The first-order chi connectivity index (χ1) is 5.77. The van der Waals surface area contributed by atoms with Crippen LogP contribution in [0.25, 0.3) is 0 Å². The van der Waals surface area contributed by atoms with Crippen LogP contribution in [0.1, 0.15) is 19.4 Å². The summed E-state index contributed by atoms with van der Waals surface area (Å²) in [5.41, 5.74) is 2.94. The molecule has 0 saturated carbocycles. The predicted molar refractivity (Wildman–Crippen MR) is 54.4 cm³/mol. The zero-order valence-electron chi connectivity index (χ0n) is 7.42. The molecule has 12 heavy (non-hydrogen) atoms. The highest BCUT2D eigenvalue weighted by atomic mass is 32.2. The molecule has 0 saturated heterocycles. The SMILES string of the molecule is CC(C)=C1Cc2ccccc2S1. The van der Waals surface area contributed by atoms with Gasteiger partial charge in [0.05, 0.1) is 0 Å². The maximum atomic E-state index is 2.22. The van der Waals surface area contributed by atoms with Crippen molar-refractivity contribution in [2.75, 3.05) is 0 Å². The molecule has 1 heterocycles. The van der Waals surface area contributed by atoms with Crippen LogP contribution in [0.2, 0.25) is 0 Å². The van der Waals surface area contributed by atoms with E-state index in [9.17, 15) is 0 Å². The summed E-state index contributed by atoms with van der Waals surface area (Å²) in [4.78, 5) is 2.96. The second kappa shape index (κ2) is 2.98. The molecule has 0 aromatic heterocycles. The number of allylic oxidation sites excluding steroid dienone is 2. The topological polar surface area (TPSA) is 0 Å². The van der Waals surface area contributed by atoms with Crippen molar-refractivity contribution in [2.24, 2.45) is 0 Å². The van der Waals surface area contributed by atoms with E-state index in [1.54, 1.807) is 0 Å². The van der Waals surface area contributed by atoms with E-state index in [1.165, 1.54) is 20.9 Å². The maximum absolute atomic E-state index is 2.22. The fourth-order valence-corrected chi connectivity index (χ4v) is 2.49. The lowest BCUT2D eigenvalue weighted by molar-refractivity contribution is 1.17. The van der Waals surface area contributed by atoms with Gasteiger partial charge in [-0.05, 0) is 30.4 Å². The average Bonchev–Trinajstić information content (AvgIpc) is 2.46. The van der Waals surface area contributed by atoms with Crippen LogP contribution >= 0.6 is 11.8 Å². The van der Waals surface area contributed by atoms with E-state index < -0.39 is 0 Å². The molecule has 0 radical (unpaired) electrons. The van der Waals surface area contributed by atoms with Crippen LogP contribution in [0.3, 0.4) is 0 Å². The zero-order chi connectivity index (χ0) is 8.55. The molecule has 0 spiro atoms. The third kappa shape index (κ3) is 1.29. The van der Waals surface area contributed by atoms with Crippen molar-refractivity contribution in [3.63, 3.8) is 0 Å². The molecule has 0 amide bonds. The summed E-state index contributed by atoms with van der Waals surface area (Å²) in [6.45, 7) is 4.38. The number of fused-ring (bicyclic) bond motifs is 1. The number of benzene rings is 1. The number of hydrogen-bond acceptors (Lipinski definition) is 1. The van der Waals surface area contributed by atoms with E-state index in [-0.39, 0.29) is 0 Å². The lowest BCUT2D eigenvalue weighted by atomic mass is 10.1. The Kier molecular flexibility index (Phi) is 1.97. The maximum Gasteiger partial charge on any atom is 0.0154 e. The molecule has 0 aliphatic carbocycles. The Morgan fingerprint density at radius 3 is 2.67 bits per heavy atom. The quantitative estimate of drug-likeness (QED) is 0.581. The Hall–Kier alpha value is -0.690. The Morgan fingerprint density at radius 1 is 1.25 bits per heavy atom. The van der Waals surface area contributed by atoms with Gasteiger partial charge in [0.2, 0.25) is 0 Å². The van der Waals surface area contributed by atoms with Crippen molar-refractivity contribution in [1.82, 2.24) is 0 Å². The summed E-state index contributed by atoms with van der Waals surface area (Å²) in [5.74, 6) is 0. The second-order valence-corrected chi connectivity index (χ2v) is 4.45. The first-order valence-electron chi connectivity index (χ1n) is 4.19. The van der Waals surface area contributed by atoms with Gasteiger partial charge in [0, 0.05) is 11.3 Å². The Bertz CT molecular complexity index is 306. The molecule has 1 aliphatic heterocycles. The van der Waals surface area contributed by atoms with Crippen LogP contribution in [0.5, 0.6) is 0 Å². The van der Waals surface area contributed by atoms with Gasteiger partial charge in [-0.2, -0.15) is 0 Å². The summed E-state index contributed by atoms with van der Waals surface area (Å²) in [6.07, 6.45) is 1.14. The molecule has 2 rings (SSSR count). The van der Waals surface area contributed by atoms with Crippen LogP contribution in [0.15, 0.2) is 39.6 Å². The molecule has 0 unspecified atom stereocenters. The molecule has 0 bridgehead atoms. The number of thioether (sulfide) groups is 1. The molecular formula is C11H12S. The van der Waals surface area contributed by atoms with Gasteiger partial charge in [-0.15, -0.1) is 0 Å². The molecule has 0 N–H and O–H groups in total. The molecule has 0 fully saturated rings. The van der Waals surface area contributed by atoms with E-state index in [2.05, 4.69) is 38.1 Å². The first kappa shape index (κ1) is 7.93. The standard InChI is InChI=1S/C11H12S/c1-8(2)11-7-9-5-3-4-6-10(9)12-11/h3-6H,7H2,1-2H3. The second-order valence-electron chi connectivity index (χ2n) is 3.31.